The van der Waals surface area contributed by atoms with Crippen molar-refractivity contribution in [2.75, 3.05) is 10.8 Å². The molecule has 1 aliphatic heterocycles. The van der Waals surface area contributed by atoms with Gasteiger partial charge in [-0.25, -0.2) is 22.2 Å². The van der Waals surface area contributed by atoms with Crippen LogP contribution >= 0.6 is 11.6 Å². The van der Waals surface area contributed by atoms with E-state index in [9.17, 15) is 35.6 Å². The molecule has 0 N–H and O–H groups in total. The lowest BCUT2D eigenvalue weighted by molar-refractivity contribution is -0.144. The van der Waals surface area contributed by atoms with Gasteiger partial charge in [0.05, 0.1) is 22.2 Å². The van der Waals surface area contributed by atoms with E-state index in [0.29, 0.717) is 0 Å². The topological polar surface area (TPSA) is 81.4 Å². The molecule has 1 aromatic carbocycles. The molecule has 0 unspecified atom stereocenters. The number of aromatic nitrogens is 2. The third-order valence-electron chi connectivity index (χ3n) is 4.50. The number of hydrogen-bond acceptors (Lipinski definition) is 4. The first-order valence-electron chi connectivity index (χ1n) is 8.30. The summed E-state index contributed by atoms with van der Waals surface area (Å²) in [5, 5.41) is -0.264. The number of fused-ring (bicyclic) bond motifs is 1. The molecule has 0 aliphatic carbocycles. The van der Waals surface area contributed by atoms with Gasteiger partial charge in [0, 0.05) is 24.7 Å². The summed E-state index contributed by atoms with van der Waals surface area (Å²) in [5.41, 5.74) is -5.47. The van der Waals surface area contributed by atoms with Crippen LogP contribution in [-0.4, -0.2) is 24.1 Å². The fourth-order valence-corrected chi connectivity index (χ4v) is 5.41. The van der Waals surface area contributed by atoms with E-state index in [-0.39, 0.29) is 38.0 Å². The van der Waals surface area contributed by atoms with Crippen LogP contribution in [-0.2, 0) is 28.5 Å². The Bertz CT molecular complexity index is 1230. The minimum absolute atomic E-state index is 0.0543. The molecule has 0 saturated heterocycles. The highest BCUT2D eigenvalue weighted by Gasteiger charge is 2.40. The molecule has 0 atom stereocenters. The van der Waals surface area contributed by atoms with Gasteiger partial charge in [0.25, 0.3) is 5.56 Å². The zero-order valence-corrected chi connectivity index (χ0v) is 16.6. The number of nitrogens with zero attached hydrogens (tertiary/aromatic N) is 3. The van der Waals surface area contributed by atoms with Crippen LogP contribution in [0, 0.1) is 5.82 Å². The predicted octanol–water partition coefficient (Wildman–Crippen LogP) is 2.50. The highest BCUT2D eigenvalue weighted by Crippen LogP contribution is 2.43. The molecular weight excluding hydrogens is 442 g/mol. The molecule has 0 fully saturated rings. The highest BCUT2D eigenvalue weighted by atomic mass is 35.5. The molecule has 0 bridgehead atoms. The van der Waals surface area contributed by atoms with Crippen molar-refractivity contribution in [3.05, 3.63) is 55.1 Å². The van der Waals surface area contributed by atoms with Gasteiger partial charge in [0.1, 0.15) is 11.5 Å². The van der Waals surface area contributed by atoms with Crippen molar-refractivity contribution in [3.63, 3.8) is 0 Å². The van der Waals surface area contributed by atoms with Crippen molar-refractivity contribution in [2.24, 2.45) is 0 Å². The highest BCUT2D eigenvalue weighted by molar-refractivity contribution is 7.92. The molecule has 3 rings (SSSR count). The Hall–Kier alpha value is -2.34. The average Bonchev–Trinajstić information content (AvgIpc) is 2.86. The van der Waals surface area contributed by atoms with Gasteiger partial charge in [0.15, 0.2) is 0 Å². The van der Waals surface area contributed by atoms with Gasteiger partial charge in [-0.15, -0.1) is 0 Å². The molecule has 2 heterocycles. The van der Waals surface area contributed by atoms with Crippen LogP contribution in [0.25, 0.3) is 5.69 Å². The van der Waals surface area contributed by atoms with Crippen LogP contribution in [0.4, 0.5) is 23.2 Å². The normalized spacial score (nSPS) is 15.6. The maximum Gasteiger partial charge on any atom is 0.431 e. The van der Waals surface area contributed by atoms with Gasteiger partial charge < -0.3 is 0 Å². The maximum atomic E-state index is 14.8. The first kappa shape index (κ1) is 21.4. The lowest BCUT2D eigenvalue weighted by atomic mass is 10.1. The second kappa shape index (κ2) is 6.87. The number of alkyl halides is 3. The third-order valence-corrected chi connectivity index (χ3v) is 6.55. The fourth-order valence-electron chi connectivity index (χ4n) is 3.37. The largest absolute Gasteiger partial charge is 0.431 e. The summed E-state index contributed by atoms with van der Waals surface area (Å²) >= 11 is 5.99. The van der Waals surface area contributed by atoms with Gasteiger partial charge >= 0.3 is 11.9 Å². The monoisotopic (exact) mass is 455 g/mol. The average molecular weight is 456 g/mol. The molecule has 1 aromatic heterocycles. The van der Waals surface area contributed by atoms with Crippen molar-refractivity contribution in [1.29, 1.82) is 0 Å². The van der Waals surface area contributed by atoms with E-state index in [0.717, 1.165) is 10.4 Å². The molecule has 29 heavy (non-hydrogen) atoms. The molecule has 0 saturated carbocycles. The summed E-state index contributed by atoms with van der Waals surface area (Å²) in [7, 11) is -3.96. The van der Waals surface area contributed by atoms with Crippen molar-refractivity contribution in [2.45, 2.75) is 32.3 Å². The van der Waals surface area contributed by atoms with E-state index in [1.807, 2.05) is 0 Å². The molecule has 1 aliphatic rings. The van der Waals surface area contributed by atoms with E-state index in [2.05, 4.69) is 0 Å². The Morgan fingerprint density at radius 1 is 1.10 bits per heavy atom. The molecule has 0 radical (unpaired) electrons. The Balaban J connectivity index is 2.46. The Morgan fingerprint density at radius 2 is 1.72 bits per heavy atom. The number of rotatable bonds is 3. The molecule has 158 valence electrons. The second-order valence-corrected chi connectivity index (χ2v) is 8.47. The quantitative estimate of drug-likeness (QED) is 0.666. The second-order valence-electron chi connectivity index (χ2n) is 6.16. The minimum Gasteiger partial charge on any atom is -0.289 e. The summed E-state index contributed by atoms with van der Waals surface area (Å²) in [4.78, 5) is 25.1. The summed E-state index contributed by atoms with van der Waals surface area (Å²) in [6, 6.07) is 0.894. The summed E-state index contributed by atoms with van der Waals surface area (Å²) < 4.78 is 80.5. The van der Waals surface area contributed by atoms with Crippen molar-refractivity contribution >= 4 is 27.3 Å². The first-order valence-corrected chi connectivity index (χ1v) is 10.3. The van der Waals surface area contributed by atoms with Crippen LogP contribution < -0.4 is 15.6 Å². The first-order chi connectivity index (χ1) is 13.3. The van der Waals surface area contributed by atoms with Crippen molar-refractivity contribution < 1.29 is 26.0 Å². The van der Waals surface area contributed by atoms with Crippen LogP contribution in [0.15, 0.2) is 21.7 Å². The fraction of sp³-hybridized carbons (Fsp3) is 0.375. The van der Waals surface area contributed by atoms with Gasteiger partial charge in [-0.1, -0.05) is 11.6 Å². The van der Waals surface area contributed by atoms with Crippen molar-refractivity contribution in [3.8, 4) is 5.69 Å². The van der Waals surface area contributed by atoms with Gasteiger partial charge in [-0.05, 0) is 19.9 Å². The molecule has 2 aromatic rings. The molecular formula is C16H14ClF4N3O4S. The summed E-state index contributed by atoms with van der Waals surface area (Å²) in [5.74, 6) is -1.97. The molecule has 13 heteroatoms. The van der Waals surface area contributed by atoms with Crippen molar-refractivity contribution in [1.82, 2.24) is 9.13 Å². The number of benzene rings is 1. The molecule has 0 amide bonds. The number of halogens is 5. The summed E-state index contributed by atoms with van der Waals surface area (Å²) in [6.45, 7) is 2.24. The van der Waals surface area contributed by atoms with E-state index < -0.39 is 56.9 Å². The smallest absolute Gasteiger partial charge is 0.289 e. The zero-order chi connectivity index (χ0) is 21.9. The van der Waals surface area contributed by atoms with E-state index in [1.165, 1.54) is 13.8 Å². The van der Waals surface area contributed by atoms with E-state index in [1.54, 1.807) is 0 Å². The Labute approximate surface area is 166 Å². The zero-order valence-electron chi connectivity index (χ0n) is 15.0. The Morgan fingerprint density at radius 3 is 2.24 bits per heavy atom. The number of sulfonamides is 1. The third kappa shape index (κ3) is 3.23. The van der Waals surface area contributed by atoms with Gasteiger partial charge in [-0.2, -0.15) is 13.2 Å². The van der Waals surface area contributed by atoms with E-state index in [4.69, 9.17) is 11.6 Å². The summed E-state index contributed by atoms with van der Waals surface area (Å²) in [6.07, 6.45) is -4.99. The maximum absolute atomic E-state index is 14.8. The van der Waals surface area contributed by atoms with E-state index >= 15 is 0 Å². The van der Waals surface area contributed by atoms with Crippen LogP contribution in [0.5, 0.6) is 0 Å². The standard InChI is InChI=1S/C16H14ClF4N3O4S/c1-3-22-11(16(19,20)21)6-12(25)24(15(22)26)14-8-7-29(27,28)23(4-2)13(8)9(17)5-10(14)18/h5-6H,3-4,7H2,1-2H3. The van der Waals surface area contributed by atoms with Crippen LogP contribution in [0.3, 0.4) is 0 Å². The predicted molar refractivity (Wildman–Crippen MR) is 97.6 cm³/mol. The van der Waals surface area contributed by atoms with Gasteiger partial charge in [-0.3, -0.25) is 13.7 Å². The Kier molecular flexibility index (Phi) is 5.06. The number of hydrogen-bond donors (Lipinski definition) is 0. The lowest BCUT2D eigenvalue weighted by Crippen LogP contribution is -2.42. The SMILES string of the molecule is CCN1c2c(Cl)cc(F)c(-n3c(=O)cc(C(F)(F)F)n(CC)c3=O)c2CS1(=O)=O. The minimum atomic E-state index is -4.99. The molecule has 0 spiro atoms. The van der Waals surface area contributed by atoms with Crippen LogP contribution in [0.1, 0.15) is 25.1 Å². The number of anilines is 1. The van der Waals surface area contributed by atoms with Gasteiger partial charge in [0.2, 0.25) is 10.0 Å². The van der Waals surface area contributed by atoms with Crippen LogP contribution in [0.2, 0.25) is 5.02 Å². The molecule has 7 nitrogen and oxygen atoms in total. The lowest BCUT2D eigenvalue weighted by Gasteiger charge is -2.19.